The van der Waals surface area contributed by atoms with E-state index in [9.17, 15) is 8.42 Å². The van der Waals surface area contributed by atoms with Crippen LogP contribution in [0.5, 0.6) is 5.75 Å². The molecule has 1 rings (SSSR count). The smallest absolute Gasteiger partial charge is 0.240 e. The third-order valence-electron chi connectivity index (χ3n) is 2.88. The van der Waals surface area contributed by atoms with Crippen LogP contribution in [0.1, 0.15) is 33.6 Å². The third-order valence-corrected chi connectivity index (χ3v) is 4.36. The highest BCUT2D eigenvalue weighted by atomic mass is 32.2. The number of benzene rings is 1. The van der Waals surface area contributed by atoms with E-state index in [4.69, 9.17) is 4.74 Å². The number of hydrogen-bond acceptors (Lipinski definition) is 4. The van der Waals surface area contributed by atoms with Gasteiger partial charge in [0, 0.05) is 19.1 Å². The molecule has 0 amide bonds. The van der Waals surface area contributed by atoms with Crippen molar-refractivity contribution >= 4 is 10.0 Å². The van der Waals surface area contributed by atoms with Gasteiger partial charge in [0.05, 0.1) is 4.90 Å². The lowest BCUT2D eigenvalue weighted by atomic mass is 10.3. The summed E-state index contributed by atoms with van der Waals surface area (Å²) in [4.78, 5) is 0.270. The Hall–Kier alpha value is -1.11. The van der Waals surface area contributed by atoms with Gasteiger partial charge in [0.2, 0.25) is 10.0 Å². The Balaban J connectivity index is 2.49. The Kier molecular flexibility index (Phi) is 7.71. The molecule has 0 heterocycles. The summed E-state index contributed by atoms with van der Waals surface area (Å²) in [6.45, 7) is 7.96. The fourth-order valence-electron chi connectivity index (χ4n) is 1.70. The Labute approximate surface area is 128 Å². The van der Waals surface area contributed by atoms with Crippen LogP contribution >= 0.6 is 0 Å². The SMILES string of the molecule is CCCCNS(=O)(=O)c1ccc(OCCNC(C)C)cc1. The van der Waals surface area contributed by atoms with Gasteiger partial charge in [-0.3, -0.25) is 0 Å². The second-order valence-corrected chi connectivity index (χ2v) is 6.95. The standard InChI is InChI=1S/C15H26N2O3S/c1-4-5-10-17-21(18,19)15-8-6-14(7-9-15)20-12-11-16-13(2)3/h6-9,13,16-17H,4-5,10-12H2,1-3H3. The van der Waals surface area contributed by atoms with Crippen LogP contribution in [0, 0.1) is 0 Å². The lowest BCUT2D eigenvalue weighted by Gasteiger charge is -2.10. The molecule has 0 aliphatic heterocycles. The molecule has 0 fully saturated rings. The molecule has 0 spiro atoms. The van der Waals surface area contributed by atoms with E-state index in [0.29, 0.717) is 24.9 Å². The third kappa shape index (κ3) is 6.93. The molecule has 0 atom stereocenters. The van der Waals surface area contributed by atoms with Crippen molar-refractivity contribution in [2.75, 3.05) is 19.7 Å². The highest BCUT2D eigenvalue weighted by Gasteiger charge is 2.12. The van der Waals surface area contributed by atoms with E-state index in [-0.39, 0.29) is 4.90 Å². The Bertz CT molecular complexity index is 498. The number of hydrogen-bond donors (Lipinski definition) is 2. The van der Waals surface area contributed by atoms with Gasteiger partial charge in [-0.1, -0.05) is 27.2 Å². The first-order valence-corrected chi connectivity index (χ1v) is 8.90. The predicted molar refractivity (Wildman–Crippen MR) is 85.2 cm³/mol. The zero-order valence-corrected chi connectivity index (χ0v) is 13.9. The summed E-state index contributed by atoms with van der Waals surface area (Å²) >= 11 is 0. The van der Waals surface area contributed by atoms with Crippen molar-refractivity contribution < 1.29 is 13.2 Å². The second kappa shape index (κ2) is 9.02. The Morgan fingerprint density at radius 2 is 1.81 bits per heavy atom. The highest BCUT2D eigenvalue weighted by molar-refractivity contribution is 7.89. The van der Waals surface area contributed by atoms with Crippen LogP contribution < -0.4 is 14.8 Å². The van der Waals surface area contributed by atoms with Crippen LogP contribution in [0.2, 0.25) is 0 Å². The molecule has 2 N–H and O–H groups in total. The molecule has 21 heavy (non-hydrogen) atoms. The lowest BCUT2D eigenvalue weighted by molar-refractivity contribution is 0.308. The van der Waals surface area contributed by atoms with Gasteiger partial charge in [-0.2, -0.15) is 0 Å². The number of unbranched alkanes of at least 4 members (excludes halogenated alkanes) is 1. The summed E-state index contributed by atoms with van der Waals surface area (Å²) in [5, 5.41) is 3.25. The number of ether oxygens (including phenoxy) is 1. The molecule has 0 aliphatic rings. The predicted octanol–water partition coefficient (Wildman–Crippen LogP) is 2.14. The van der Waals surface area contributed by atoms with Crippen molar-refractivity contribution in [3.8, 4) is 5.75 Å². The van der Waals surface area contributed by atoms with Crippen molar-refractivity contribution in [1.82, 2.24) is 10.0 Å². The molecule has 0 unspecified atom stereocenters. The van der Waals surface area contributed by atoms with Crippen molar-refractivity contribution in [2.24, 2.45) is 0 Å². The molecule has 6 heteroatoms. The molecular formula is C15H26N2O3S. The van der Waals surface area contributed by atoms with E-state index < -0.39 is 10.0 Å². The monoisotopic (exact) mass is 314 g/mol. The van der Waals surface area contributed by atoms with E-state index in [0.717, 1.165) is 19.4 Å². The fraction of sp³-hybridized carbons (Fsp3) is 0.600. The Morgan fingerprint density at radius 1 is 1.14 bits per heavy atom. The molecule has 1 aromatic rings. The number of rotatable bonds is 10. The van der Waals surface area contributed by atoms with Gasteiger partial charge < -0.3 is 10.1 Å². The van der Waals surface area contributed by atoms with Crippen molar-refractivity contribution in [1.29, 1.82) is 0 Å². The minimum absolute atomic E-state index is 0.270. The zero-order chi connectivity index (χ0) is 15.7. The molecule has 0 aliphatic carbocycles. The normalized spacial score (nSPS) is 11.8. The molecule has 0 radical (unpaired) electrons. The van der Waals surface area contributed by atoms with E-state index in [1.165, 1.54) is 0 Å². The molecular weight excluding hydrogens is 288 g/mol. The molecule has 120 valence electrons. The quantitative estimate of drug-likeness (QED) is 0.649. The van der Waals surface area contributed by atoms with Crippen LogP contribution in [0.4, 0.5) is 0 Å². The maximum atomic E-state index is 12.0. The topological polar surface area (TPSA) is 67.4 Å². The summed E-state index contributed by atoms with van der Waals surface area (Å²) in [5.74, 6) is 0.674. The highest BCUT2D eigenvalue weighted by Crippen LogP contribution is 2.15. The van der Waals surface area contributed by atoms with E-state index in [2.05, 4.69) is 23.9 Å². The van der Waals surface area contributed by atoms with Crippen LogP contribution in [-0.4, -0.2) is 34.2 Å². The first-order chi connectivity index (χ1) is 9.95. The first-order valence-electron chi connectivity index (χ1n) is 7.41. The minimum atomic E-state index is -3.40. The molecule has 0 aromatic heterocycles. The largest absolute Gasteiger partial charge is 0.492 e. The van der Waals surface area contributed by atoms with Gasteiger partial charge in [0.15, 0.2) is 0 Å². The summed E-state index contributed by atoms with van der Waals surface area (Å²) in [6, 6.07) is 6.93. The molecule has 5 nitrogen and oxygen atoms in total. The maximum absolute atomic E-state index is 12.0. The van der Waals surface area contributed by atoms with E-state index in [1.54, 1.807) is 24.3 Å². The van der Waals surface area contributed by atoms with Gasteiger partial charge in [0.25, 0.3) is 0 Å². The summed E-state index contributed by atoms with van der Waals surface area (Å²) in [5.41, 5.74) is 0. The summed E-state index contributed by atoms with van der Waals surface area (Å²) in [6.07, 6.45) is 1.79. The van der Waals surface area contributed by atoms with E-state index in [1.807, 2.05) is 6.92 Å². The van der Waals surface area contributed by atoms with Gasteiger partial charge in [-0.15, -0.1) is 0 Å². The maximum Gasteiger partial charge on any atom is 0.240 e. The van der Waals surface area contributed by atoms with Crippen LogP contribution in [-0.2, 0) is 10.0 Å². The fourth-order valence-corrected chi connectivity index (χ4v) is 2.77. The van der Waals surface area contributed by atoms with Gasteiger partial charge in [-0.05, 0) is 30.7 Å². The van der Waals surface area contributed by atoms with Crippen LogP contribution in [0.3, 0.4) is 0 Å². The minimum Gasteiger partial charge on any atom is -0.492 e. The Morgan fingerprint density at radius 3 is 2.38 bits per heavy atom. The van der Waals surface area contributed by atoms with Crippen molar-refractivity contribution in [3.63, 3.8) is 0 Å². The number of sulfonamides is 1. The van der Waals surface area contributed by atoms with Crippen LogP contribution in [0.25, 0.3) is 0 Å². The van der Waals surface area contributed by atoms with Crippen molar-refractivity contribution in [2.45, 2.75) is 44.6 Å². The number of nitrogens with one attached hydrogen (secondary N) is 2. The van der Waals surface area contributed by atoms with Gasteiger partial charge in [-0.25, -0.2) is 13.1 Å². The van der Waals surface area contributed by atoms with Crippen LogP contribution in [0.15, 0.2) is 29.2 Å². The molecule has 0 saturated heterocycles. The average Bonchev–Trinajstić information content (AvgIpc) is 2.44. The van der Waals surface area contributed by atoms with Gasteiger partial charge in [0.1, 0.15) is 12.4 Å². The van der Waals surface area contributed by atoms with Gasteiger partial charge >= 0.3 is 0 Å². The first kappa shape index (κ1) is 17.9. The molecule has 1 aromatic carbocycles. The summed E-state index contributed by atoms with van der Waals surface area (Å²) < 4.78 is 32.1. The van der Waals surface area contributed by atoms with Crippen molar-refractivity contribution in [3.05, 3.63) is 24.3 Å². The second-order valence-electron chi connectivity index (χ2n) is 5.18. The molecule has 0 saturated carbocycles. The van der Waals surface area contributed by atoms with E-state index >= 15 is 0 Å². The lowest BCUT2D eigenvalue weighted by Crippen LogP contribution is -2.27. The summed E-state index contributed by atoms with van der Waals surface area (Å²) in [7, 11) is -3.40. The average molecular weight is 314 g/mol. The zero-order valence-electron chi connectivity index (χ0n) is 13.1. The molecule has 0 bridgehead atoms.